The molecule has 1 aliphatic rings. The highest BCUT2D eigenvalue weighted by Gasteiger charge is 2.10. The van der Waals surface area contributed by atoms with Gasteiger partial charge in [-0.15, -0.1) is 0 Å². The van der Waals surface area contributed by atoms with Gasteiger partial charge in [0.05, 0.1) is 6.21 Å². The van der Waals surface area contributed by atoms with Crippen LogP contribution in [0.4, 0.5) is 0 Å². The van der Waals surface area contributed by atoms with Gasteiger partial charge in [0, 0.05) is 26.2 Å². The molecular weight excluding hydrogens is 186 g/mol. The van der Waals surface area contributed by atoms with Crippen LogP contribution in [0, 0.1) is 0 Å². The summed E-state index contributed by atoms with van der Waals surface area (Å²) in [7, 11) is 2.15. The lowest BCUT2D eigenvalue weighted by Crippen LogP contribution is -2.41. The van der Waals surface area contributed by atoms with Gasteiger partial charge in [-0.1, -0.05) is 30.3 Å². The molecule has 1 aliphatic heterocycles. The Labute approximate surface area is 91.0 Å². The molecule has 0 N–H and O–H groups in total. The van der Waals surface area contributed by atoms with E-state index in [1.54, 1.807) is 0 Å². The summed E-state index contributed by atoms with van der Waals surface area (Å²) in [5.41, 5.74) is 1.16. The van der Waals surface area contributed by atoms with Crippen molar-refractivity contribution >= 4 is 6.21 Å². The molecular formula is C12H17N3. The molecule has 0 amide bonds. The molecule has 1 saturated heterocycles. The van der Waals surface area contributed by atoms with E-state index in [-0.39, 0.29) is 0 Å². The van der Waals surface area contributed by atoms with E-state index in [1.807, 2.05) is 24.4 Å². The monoisotopic (exact) mass is 203 g/mol. The zero-order valence-corrected chi connectivity index (χ0v) is 9.13. The maximum Gasteiger partial charge on any atom is 0.0542 e. The number of nitrogens with zero attached hydrogens (tertiary/aromatic N) is 3. The van der Waals surface area contributed by atoms with Crippen LogP contribution in [0.1, 0.15) is 5.56 Å². The molecule has 3 heteroatoms. The SMILES string of the molecule is CN1CCN(N=Cc2ccccc2)CC1. The van der Waals surface area contributed by atoms with Crippen LogP contribution < -0.4 is 0 Å². The maximum atomic E-state index is 4.47. The van der Waals surface area contributed by atoms with Gasteiger partial charge in [0.15, 0.2) is 0 Å². The van der Waals surface area contributed by atoms with Crippen molar-refractivity contribution in [3.63, 3.8) is 0 Å². The molecule has 80 valence electrons. The fourth-order valence-corrected chi connectivity index (χ4v) is 1.60. The van der Waals surface area contributed by atoms with Gasteiger partial charge in [-0.2, -0.15) is 5.10 Å². The van der Waals surface area contributed by atoms with Crippen LogP contribution in [0.3, 0.4) is 0 Å². The van der Waals surface area contributed by atoms with Crippen molar-refractivity contribution in [2.24, 2.45) is 5.10 Å². The second-order valence-electron chi connectivity index (χ2n) is 3.91. The van der Waals surface area contributed by atoms with Crippen LogP contribution in [0.25, 0.3) is 0 Å². The summed E-state index contributed by atoms with van der Waals surface area (Å²) in [5, 5.41) is 6.60. The third kappa shape index (κ3) is 3.06. The molecule has 0 unspecified atom stereocenters. The molecule has 1 fully saturated rings. The highest BCUT2D eigenvalue weighted by Crippen LogP contribution is 2.00. The van der Waals surface area contributed by atoms with Gasteiger partial charge in [0.25, 0.3) is 0 Å². The predicted molar refractivity (Wildman–Crippen MR) is 63.1 cm³/mol. The molecule has 0 spiro atoms. The number of benzene rings is 1. The number of hydrogen-bond acceptors (Lipinski definition) is 3. The first-order chi connectivity index (χ1) is 7.34. The summed E-state index contributed by atoms with van der Waals surface area (Å²) >= 11 is 0. The van der Waals surface area contributed by atoms with E-state index < -0.39 is 0 Å². The van der Waals surface area contributed by atoms with Crippen LogP contribution in [0.5, 0.6) is 0 Å². The summed E-state index contributed by atoms with van der Waals surface area (Å²) in [4.78, 5) is 2.33. The Morgan fingerprint density at radius 1 is 1.07 bits per heavy atom. The Balaban J connectivity index is 1.89. The molecule has 0 saturated carbocycles. The zero-order valence-electron chi connectivity index (χ0n) is 9.13. The maximum absolute atomic E-state index is 4.47. The minimum Gasteiger partial charge on any atom is -0.303 e. The molecule has 0 bridgehead atoms. The van der Waals surface area contributed by atoms with Crippen LogP contribution in [0.2, 0.25) is 0 Å². The summed E-state index contributed by atoms with van der Waals surface area (Å²) in [5.74, 6) is 0. The van der Waals surface area contributed by atoms with Crippen LogP contribution >= 0.6 is 0 Å². The largest absolute Gasteiger partial charge is 0.303 e. The Morgan fingerprint density at radius 3 is 2.40 bits per heavy atom. The van der Waals surface area contributed by atoms with E-state index in [1.165, 1.54) is 0 Å². The Morgan fingerprint density at radius 2 is 1.73 bits per heavy atom. The van der Waals surface area contributed by atoms with E-state index >= 15 is 0 Å². The van der Waals surface area contributed by atoms with E-state index in [2.05, 4.69) is 34.2 Å². The van der Waals surface area contributed by atoms with Gasteiger partial charge in [-0.25, -0.2) is 0 Å². The first kappa shape index (κ1) is 10.2. The third-order valence-electron chi connectivity index (χ3n) is 2.65. The van der Waals surface area contributed by atoms with E-state index in [0.717, 1.165) is 31.7 Å². The number of hydrazone groups is 1. The third-order valence-corrected chi connectivity index (χ3v) is 2.65. The van der Waals surface area contributed by atoms with Crippen LogP contribution in [-0.4, -0.2) is 49.4 Å². The number of likely N-dealkylation sites (N-methyl/N-ethyl adjacent to an activating group) is 1. The molecule has 0 radical (unpaired) electrons. The van der Waals surface area contributed by atoms with Gasteiger partial charge < -0.3 is 4.90 Å². The van der Waals surface area contributed by atoms with Crippen LogP contribution in [-0.2, 0) is 0 Å². The van der Waals surface area contributed by atoms with Gasteiger partial charge in [0.2, 0.25) is 0 Å². The summed E-state index contributed by atoms with van der Waals surface area (Å²) < 4.78 is 0. The smallest absolute Gasteiger partial charge is 0.0542 e. The first-order valence-electron chi connectivity index (χ1n) is 5.37. The molecule has 15 heavy (non-hydrogen) atoms. The number of hydrogen-bond donors (Lipinski definition) is 0. The van der Waals surface area contributed by atoms with Gasteiger partial charge >= 0.3 is 0 Å². The summed E-state index contributed by atoms with van der Waals surface area (Å²) in [6.45, 7) is 4.26. The topological polar surface area (TPSA) is 18.8 Å². The lowest BCUT2D eigenvalue weighted by molar-refractivity contribution is 0.159. The lowest BCUT2D eigenvalue weighted by atomic mass is 10.2. The van der Waals surface area contributed by atoms with Crippen molar-refractivity contribution in [3.8, 4) is 0 Å². The van der Waals surface area contributed by atoms with Crippen molar-refractivity contribution < 1.29 is 0 Å². The molecule has 1 heterocycles. The van der Waals surface area contributed by atoms with E-state index in [9.17, 15) is 0 Å². The van der Waals surface area contributed by atoms with Crippen molar-refractivity contribution in [1.29, 1.82) is 0 Å². The predicted octanol–water partition coefficient (Wildman–Crippen LogP) is 1.27. The molecule has 3 nitrogen and oxygen atoms in total. The molecule has 0 atom stereocenters. The second kappa shape index (κ2) is 4.94. The van der Waals surface area contributed by atoms with Crippen molar-refractivity contribution in [1.82, 2.24) is 9.91 Å². The molecule has 1 aromatic carbocycles. The van der Waals surface area contributed by atoms with E-state index in [4.69, 9.17) is 0 Å². The lowest BCUT2D eigenvalue weighted by Gasteiger charge is -2.30. The second-order valence-corrected chi connectivity index (χ2v) is 3.91. The van der Waals surface area contributed by atoms with E-state index in [0.29, 0.717) is 0 Å². The van der Waals surface area contributed by atoms with Crippen LogP contribution in [0.15, 0.2) is 35.4 Å². The average molecular weight is 203 g/mol. The molecule has 2 rings (SSSR count). The number of rotatable bonds is 2. The molecule has 0 aromatic heterocycles. The standard InChI is InChI=1S/C12H17N3/c1-14-7-9-15(10-8-14)13-11-12-5-3-2-4-6-12/h2-6,11H,7-10H2,1H3. The minimum atomic E-state index is 1.03. The Hall–Kier alpha value is -1.35. The van der Waals surface area contributed by atoms with Gasteiger partial charge in [-0.3, -0.25) is 5.01 Å². The quantitative estimate of drug-likeness (QED) is 0.674. The average Bonchev–Trinajstić information content (AvgIpc) is 2.30. The molecule has 0 aliphatic carbocycles. The fraction of sp³-hybridized carbons (Fsp3) is 0.417. The Bertz CT molecular complexity index is 313. The van der Waals surface area contributed by atoms with Crippen molar-refractivity contribution in [2.45, 2.75) is 0 Å². The summed E-state index contributed by atoms with van der Waals surface area (Å²) in [6.07, 6.45) is 1.94. The number of piperazine rings is 1. The minimum absolute atomic E-state index is 1.03. The fourth-order valence-electron chi connectivity index (χ4n) is 1.60. The van der Waals surface area contributed by atoms with Crippen molar-refractivity contribution in [2.75, 3.05) is 33.2 Å². The highest BCUT2D eigenvalue weighted by atomic mass is 15.5. The Kier molecular flexibility index (Phi) is 3.35. The van der Waals surface area contributed by atoms with Gasteiger partial charge in [0.1, 0.15) is 0 Å². The van der Waals surface area contributed by atoms with Crippen molar-refractivity contribution in [3.05, 3.63) is 35.9 Å². The molecule has 1 aromatic rings. The first-order valence-corrected chi connectivity index (χ1v) is 5.37. The zero-order chi connectivity index (χ0) is 10.5. The normalized spacial score (nSPS) is 18.6. The summed E-state index contributed by atoms with van der Waals surface area (Å²) in [6, 6.07) is 10.2. The van der Waals surface area contributed by atoms with Gasteiger partial charge in [-0.05, 0) is 12.6 Å². The highest BCUT2D eigenvalue weighted by molar-refractivity contribution is 5.79.